The molecule has 0 aliphatic carbocycles. The minimum absolute atomic E-state index is 0.0178. The molecule has 1 amide bonds. The van der Waals surface area contributed by atoms with E-state index >= 15 is 0 Å². The molecule has 0 spiro atoms. The zero-order valence-electron chi connectivity index (χ0n) is 16.6. The summed E-state index contributed by atoms with van der Waals surface area (Å²) in [7, 11) is -3.97. The number of carbonyl (C=O) groups is 1. The van der Waals surface area contributed by atoms with Crippen LogP contribution in [0.4, 0.5) is 11.4 Å². The molecule has 1 heterocycles. The van der Waals surface area contributed by atoms with Gasteiger partial charge in [0, 0.05) is 17.3 Å². The summed E-state index contributed by atoms with van der Waals surface area (Å²) in [5.41, 5.74) is 3.47. The van der Waals surface area contributed by atoms with E-state index in [4.69, 9.17) is 11.6 Å². The Morgan fingerprint density at radius 1 is 1.07 bits per heavy atom. The third kappa shape index (κ3) is 3.68. The molecule has 4 rings (SSSR count). The molecule has 0 radical (unpaired) electrons. The van der Waals surface area contributed by atoms with Gasteiger partial charge in [0.05, 0.1) is 10.7 Å². The SMILES string of the molecule is Cc1ccccc1NS(=O)(=O)c1cc(C(=O)N2c3ccccc3CC2C)ccc1Cl. The number of nitrogens with zero attached hydrogens (tertiary/aromatic N) is 1. The Labute approximate surface area is 181 Å². The predicted octanol–water partition coefficient (Wildman–Crippen LogP) is 5.04. The average Bonchev–Trinajstić information content (AvgIpc) is 3.05. The van der Waals surface area contributed by atoms with Crippen LogP contribution in [-0.2, 0) is 16.4 Å². The second-order valence-electron chi connectivity index (χ2n) is 7.42. The lowest BCUT2D eigenvalue weighted by Crippen LogP contribution is -2.35. The normalized spacial score (nSPS) is 15.7. The number of halogens is 1. The van der Waals surface area contributed by atoms with E-state index in [9.17, 15) is 13.2 Å². The molecule has 0 saturated heterocycles. The van der Waals surface area contributed by atoms with E-state index in [2.05, 4.69) is 4.72 Å². The van der Waals surface area contributed by atoms with Crippen molar-refractivity contribution in [3.05, 3.63) is 88.4 Å². The van der Waals surface area contributed by atoms with Crippen LogP contribution in [0.25, 0.3) is 0 Å². The number of hydrogen-bond donors (Lipinski definition) is 1. The van der Waals surface area contributed by atoms with Gasteiger partial charge in [0.2, 0.25) is 0 Å². The summed E-state index contributed by atoms with van der Waals surface area (Å²) in [6, 6.07) is 19.2. The molecule has 1 aliphatic heterocycles. The van der Waals surface area contributed by atoms with Crippen molar-refractivity contribution in [3.63, 3.8) is 0 Å². The fourth-order valence-corrected chi connectivity index (χ4v) is 5.40. The summed E-state index contributed by atoms with van der Waals surface area (Å²) in [6.45, 7) is 3.79. The van der Waals surface area contributed by atoms with E-state index in [0.29, 0.717) is 5.69 Å². The van der Waals surface area contributed by atoms with Crippen molar-refractivity contribution in [1.82, 2.24) is 0 Å². The summed E-state index contributed by atoms with van der Waals surface area (Å²) >= 11 is 6.22. The van der Waals surface area contributed by atoms with Crippen molar-refractivity contribution in [3.8, 4) is 0 Å². The molecule has 3 aromatic carbocycles. The van der Waals surface area contributed by atoms with E-state index in [0.717, 1.165) is 23.2 Å². The first-order chi connectivity index (χ1) is 14.3. The van der Waals surface area contributed by atoms with Crippen LogP contribution in [0.5, 0.6) is 0 Å². The van der Waals surface area contributed by atoms with Crippen molar-refractivity contribution >= 4 is 38.9 Å². The van der Waals surface area contributed by atoms with Crippen LogP contribution in [0.3, 0.4) is 0 Å². The molecule has 1 N–H and O–H groups in total. The molecule has 30 heavy (non-hydrogen) atoms. The molecular formula is C23H21ClN2O3S. The molecule has 7 heteroatoms. The maximum atomic E-state index is 13.3. The molecule has 3 aromatic rings. The lowest BCUT2D eigenvalue weighted by molar-refractivity contribution is 0.0981. The fourth-order valence-electron chi connectivity index (χ4n) is 3.74. The zero-order chi connectivity index (χ0) is 21.5. The number of hydrogen-bond acceptors (Lipinski definition) is 3. The highest BCUT2D eigenvalue weighted by Crippen LogP contribution is 2.34. The van der Waals surface area contributed by atoms with Crippen LogP contribution in [-0.4, -0.2) is 20.4 Å². The number of sulfonamides is 1. The van der Waals surface area contributed by atoms with E-state index in [-0.39, 0.29) is 27.4 Å². The Morgan fingerprint density at radius 3 is 2.53 bits per heavy atom. The quantitative estimate of drug-likeness (QED) is 0.618. The second-order valence-corrected chi connectivity index (χ2v) is 9.48. The number of rotatable bonds is 4. The van der Waals surface area contributed by atoms with E-state index in [1.165, 1.54) is 12.1 Å². The maximum absolute atomic E-state index is 13.3. The first kappa shape index (κ1) is 20.4. The largest absolute Gasteiger partial charge is 0.305 e. The number of fused-ring (bicyclic) bond motifs is 1. The van der Waals surface area contributed by atoms with E-state index in [1.54, 1.807) is 23.1 Å². The second kappa shape index (κ2) is 7.78. The standard InChI is InChI=1S/C23H21ClN2O3S/c1-15-7-3-5-9-20(15)25-30(28,29)22-14-18(11-12-19(22)24)23(27)26-16(2)13-17-8-4-6-10-21(17)26/h3-12,14,16,25H,13H2,1-2H3. The molecule has 0 saturated carbocycles. The minimum Gasteiger partial charge on any atom is -0.305 e. The lowest BCUT2D eigenvalue weighted by Gasteiger charge is -2.23. The highest BCUT2D eigenvalue weighted by atomic mass is 35.5. The van der Waals surface area contributed by atoms with Gasteiger partial charge >= 0.3 is 0 Å². The number of aryl methyl sites for hydroxylation is 1. The van der Waals surface area contributed by atoms with Gasteiger partial charge in [0.1, 0.15) is 4.90 Å². The van der Waals surface area contributed by atoms with Crippen LogP contribution >= 0.6 is 11.6 Å². The van der Waals surface area contributed by atoms with Crippen LogP contribution in [0.2, 0.25) is 5.02 Å². The van der Waals surface area contributed by atoms with Crippen molar-refractivity contribution in [2.45, 2.75) is 31.2 Å². The summed E-state index contributed by atoms with van der Waals surface area (Å²) in [4.78, 5) is 14.9. The maximum Gasteiger partial charge on any atom is 0.263 e. The highest BCUT2D eigenvalue weighted by molar-refractivity contribution is 7.92. The number of carbonyl (C=O) groups excluding carboxylic acids is 1. The Hall–Kier alpha value is -2.83. The van der Waals surface area contributed by atoms with E-state index in [1.807, 2.05) is 50.2 Å². The minimum atomic E-state index is -3.97. The summed E-state index contributed by atoms with van der Waals surface area (Å²) in [5, 5.41) is 0.0579. The van der Waals surface area contributed by atoms with Crippen LogP contribution in [0.1, 0.15) is 28.4 Å². The summed E-state index contributed by atoms with van der Waals surface area (Å²) in [6.07, 6.45) is 0.759. The van der Waals surface area contributed by atoms with Gasteiger partial charge in [0.25, 0.3) is 15.9 Å². The topological polar surface area (TPSA) is 66.5 Å². The fraction of sp³-hybridized carbons (Fsp3) is 0.174. The van der Waals surface area contributed by atoms with Crippen LogP contribution in [0.15, 0.2) is 71.6 Å². The van der Waals surface area contributed by atoms with Gasteiger partial charge in [0.15, 0.2) is 0 Å². The van der Waals surface area contributed by atoms with E-state index < -0.39 is 10.0 Å². The van der Waals surface area contributed by atoms with Crippen LogP contribution < -0.4 is 9.62 Å². The summed E-state index contributed by atoms with van der Waals surface area (Å²) < 4.78 is 28.6. The molecule has 1 aliphatic rings. The molecule has 0 fully saturated rings. The smallest absolute Gasteiger partial charge is 0.263 e. The molecule has 0 aromatic heterocycles. The lowest BCUT2D eigenvalue weighted by atomic mass is 10.1. The van der Waals surface area contributed by atoms with Gasteiger partial charge in [-0.2, -0.15) is 0 Å². The first-order valence-electron chi connectivity index (χ1n) is 9.57. The molecule has 1 atom stereocenters. The van der Waals surface area contributed by atoms with Crippen molar-refractivity contribution in [2.75, 3.05) is 9.62 Å². The average molecular weight is 441 g/mol. The third-order valence-corrected chi connectivity index (χ3v) is 7.13. The van der Waals surface area contributed by atoms with Crippen molar-refractivity contribution in [1.29, 1.82) is 0 Å². The van der Waals surface area contributed by atoms with Crippen molar-refractivity contribution < 1.29 is 13.2 Å². The number of nitrogens with one attached hydrogen (secondary N) is 1. The molecule has 5 nitrogen and oxygen atoms in total. The van der Waals surface area contributed by atoms with Gasteiger partial charge in [-0.1, -0.05) is 48.0 Å². The van der Waals surface area contributed by atoms with Crippen molar-refractivity contribution in [2.24, 2.45) is 0 Å². The molecule has 1 unspecified atom stereocenters. The highest BCUT2D eigenvalue weighted by Gasteiger charge is 2.32. The molecule has 154 valence electrons. The number of benzene rings is 3. The summed E-state index contributed by atoms with van der Waals surface area (Å²) in [5.74, 6) is -0.253. The Kier molecular flexibility index (Phi) is 5.30. The van der Waals surface area contributed by atoms with Crippen LogP contribution in [0, 0.1) is 6.92 Å². The Bertz CT molecular complexity index is 1240. The number of anilines is 2. The number of para-hydroxylation sites is 2. The van der Waals surface area contributed by atoms with Gasteiger partial charge in [-0.15, -0.1) is 0 Å². The van der Waals surface area contributed by atoms with Gasteiger partial charge in [-0.25, -0.2) is 8.42 Å². The zero-order valence-corrected chi connectivity index (χ0v) is 18.2. The molecule has 0 bridgehead atoms. The Balaban J connectivity index is 1.70. The molecular weight excluding hydrogens is 420 g/mol. The Morgan fingerprint density at radius 2 is 1.77 bits per heavy atom. The predicted molar refractivity (Wildman–Crippen MR) is 120 cm³/mol. The number of amides is 1. The first-order valence-corrected chi connectivity index (χ1v) is 11.4. The van der Waals surface area contributed by atoms with Gasteiger partial charge in [-0.05, 0) is 61.7 Å². The third-order valence-electron chi connectivity index (χ3n) is 5.28. The van der Waals surface area contributed by atoms with Gasteiger partial charge in [-0.3, -0.25) is 9.52 Å². The van der Waals surface area contributed by atoms with Gasteiger partial charge < -0.3 is 4.90 Å². The monoisotopic (exact) mass is 440 g/mol.